The Kier molecular flexibility index (Phi) is 5.16. The molecule has 40 heavy (non-hydrogen) atoms. The summed E-state index contributed by atoms with van der Waals surface area (Å²) in [6.07, 6.45) is 4.92. The lowest BCUT2D eigenvalue weighted by Gasteiger charge is -2.44. The Hall–Kier alpha value is -5.07. The van der Waals surface area contributed by atoms with Crippen molar-refractivity contribution in [2.75, 3.05) is 25.0 Å². The smallest absolute Gasteiger partial charge is 0.234 e. The van der Waals surface area contributed by atoms with Crippen molar-refractivity contribution >= 4 is 5.82 Å². The van der Waals surface area contributed by atoms with E-state index >= 15 is 0 Å². The predicted molar refractivity (Wildman–Crippen MR) is 151 cm³/mol. The van der Waals surface area contributed by atoms with Gasteiger partial charge in [0.1, 0.15) is 23.5 Å². The number of benzene rings is 2. The molecule has 7 rings (SSSR count). The zero-order chi connectivity index (χ0) is 29.6. The van der Waals surface area contributed by atoms with Gasteiger partial charge in [-0.15, -0.1) is 0 Å². The molecule has 0 amide bonds. The molecule has 0 atom stereocenters. The first-order chi connectivity index (χ1) is 20.9. The monoisotopic (exact) mass is 529 g/mol. The van der Waals surface area contributed by atoms with E-state index in [1.165, 1.54) is 17.2 Å². The quantitative estimate of drug-likeness (QED) is 0.315. The second-order valence-corrected chi connectivity index (χ2v) is 9.84. The first-order valence-electron chi connectivity index (χ1n) is 14.5. The number of anilines is 1. The van der Waals surface area contributed by atoms with E-state index in [1.54, 1.807) is 12.4 Å². The normalized spacial score (nSPS) is 15.8. The van der Waals surface area contributed by atoms with Crippen LogP contribution in [-0.2, 0) is 13.3 Å². The summed E-state index contributed by atoms with van der Waals surface area (Å²) in [5.74, 6) is 1.78. The Morgan fingerprint density at radius 3 is 2.67 bits per heavy atom. The number of aromatic nitrogens is 5. The number of likely N-dealkylation sites (tertiary alicyclic amines) is 1. The number of rotatable bonds is 6. The summed E-state index contributed by atoms with van der Waals surface area (Å²) in [4.78, 5) is 20.9. The van der Waals surface area contributed by atoms with Crippen molar-refractivity contribution in [3.05, 3.63) is 96.7 Å². The van der Waals surface area contributed by atoms with Crippen LogP contribution in [0.2, 0.25) is 0 Å². The molecular weight excluding hydrogens is 500 g/mol. The fourth-order valence-corrected chi connectivity index (χ4v) is 5.27. The highest BCUT2D eigenvalue weighted by Gasteiger charge is 2.31. The molecule has 0 saturated carbocycles. The second kappa shape index (κ2) is 9.91. The molecule has 0 aliphatic carbocycles. The van der Waals surface area contributed by atoms with Gasteiger partial charge in [0.25, 0.3) is 0 Å². The average Bonchev–Trinajstić information content (AvgIpc) is 3.40. The molecule has 3 aromatic heterocycles. The topological polar surface area (TPSA) is 96.0 Å². The van der Waals surface area contributed by atoms with Crippen LogP contribution in [0.4, 0.5) is 5.82 Å². The molecule has 9 heteroatoms. The summed E-state index contributed by atoms with van der Waals surface area (Å²) in [5, 5.41) is 9.15. The van der Waals surface area contributed by atoms with Gasteiger partial charge in [-0.1, -0.05) is 54.6 Å². The zero-order valence-electron chi connectivity index (χ0n) is 24.5. The van der Waals surface area contributed by atoms with Gasteiger partial charge in [-0.2, -0.15) is 5.26 Å². The number of nitrogens with zero attached hydrogens (tertiary/aromatic N) is 8. The molecule has 9 nitrogen and oxygen atoms in total. The largest absolute Gasteiger partial charge is 0.472 e. The van der Waals surface area contributed by atoms with E-state index in [0.717, 1.165) is 45.2 Å². The van der Waals surface area contributed by atoms with E-state index in [9.17, 15) is 0 Å². The Bertz CT molecular complexity index is 1830. The van der Waals surface area contributed by atoms with Crippen LogP contribution in [-0.4, -0.2) is 55.5 Å². The van der Waals surface area contributed by atoms with Gasteiger partial charge in [-0.25, -0.2) is 15.0 Å². The Labute approximate surface area is 236 Å². The van der Waals surface area contributed by atoms with Crippen LogP contribution in [0.1, 0.15) is 15.5 Å². The highest BCUT2D eigenvalue weighted by atomic mass is 16.5. The van der Waals surface area contributed by atoms with Crippen LogP contribution in [0, 0.1) is 11.3 Å². The van der Waals surface area contributed by atoms with Gasteiger partial charge in [0.05, 0.1) is 23.0 Å². The third-order valence-electron chi connectivity index (χ3n) is 7.31. The van der Waals surface area contributed by atoms with Crippen LogP contribution < -0.4 is 9.64 Å². The highest BCUT2D eigenvalue weighted by molar-refractivity contribution is 5.83. The summed E-state index contributed by atoms with van der Waals surface area (Å²) < 4.78 is 32.3. The molecule has 5 heterocycles. The molecule has 0 spiro atoms. The van der Waals surface area contributed by atoms with Crippen LogP contribution in [0.25, 0.3) is 33.9 Å². The molecule has 2 aliphatic heterocycles. The van der Waals surface area contributed by atoms with Gasteiger partial charge in [-0.3, -0.25) is 14.5 Å². The molecule has 0 N–H and O–H groups in total. The van der Waals surface area contributed by atoms with E-state index in [1.807, 2.05) is 30.3 Å². The minimum atomic E-state index is -2.39. The minimum absolute atomic E-state index is 0.0505. The van der Waals surface area contributed by atoms with Gasteiger partial charge < -0.3 is 9.64 Å². The lowest BCUT2D eigenvalue weighted by molar-refractivity contribution is 0.138. The van der Waals surface area contributed by atoms with Crippen molar-refractivity contribution in [2.45, 2.75) is 19.3 Å². The molecule has 2 aromatic carbocycles. The van der Waals surface area contributed by atoms with Crippen molar-refractivity contribution in [2.24, 2.45) is 0 Å². The third kappa shape index (κ3) is 4.25. The molecule has 1 fully saturated rings. The Balaban J connectivity index is 1.12. The fraction of sp³-hybridized carbons (Fsp3) is 0.194. The SMILES string of the molecule is [2H]C([2H])([2H])N(c1ccnc(C#N)n1)C1CN(Cc2ccc(-c3nc4n(c3-c3ccccc3)COc3ccncc3-4)cc2)C1. The molecular formula is C31H26N8O. The first kappa shape index (κ1) is 20.8. The Morgan fingerprint density at radius 1 is 1.02 bits per heavy atom. The van der Waals surface area contributed by atoms with Gasteiger partial charge in [0.15, 0.2) is 6.73 Å². The van der Waals surface area contributed by atoms with Crippen LogP contribution >= 0.6 is 0 Å². The number of ether oxygens (including phenoxy) is 1. The third-order valence-corrected chi connectivity index (χ3v) is 7.31. The van der Waals surface area contributed by atoms with Crippen molar-refractivity contribution in [1.82, 2.24) is 29.4 Å². The molecule has 0 bridgehead atoms. The summed E-state index contributed by atoms with van der Waals surface area (Å²) >= 11 is 0. The van der Waals surface area contributed by atoms with Crippen molar-refractivity contribution in [3.8, 4) is 45.7 Å². The number of pyridine rings is 1. The molecule has 0 radical (unpaired) electrons. The van der Waals surface area contributed by atoms with Crippen LogP contribution in [0.3, 0.4) is 0 Å². The van der Waals surface area contributed by atoms with E-state index in [-0.39, 0.29) is 17.7 Å². The highest BCUT2D eigenvalue weighted by Crippen LogP contribution is 2.41. The molecule has 2 aliphatic rings. The van der Waals surface area contributed by atoms with Gasteiger partial charge in [0.2, 0.25) is 5.82 Å². The maximum Gasteiger partial charge on any atom is 0.234 e. The Morgan fingerprint density at radius 2 is 1.88 bits per heavy atom. The molecule has 196 valence electrons. The van der Waals surface area contributed by atoms with Gasteiger partial charge in [-0.05, 0) is 17.7 Å². The lowest BCUT2D eigenvalue weighted by Crippen LogP contribution is -2.58. The predicted octanol–water partition coefficient (Wildman–Crippen LogP) is 4.61. The van der Waals surface area contributed by atoms with Gasteiger partial charge >= 0.3 is 0 Å². The first-order valence-corrected chi connectivity index (χ1v) is 13.0. The van der Waals surface area contributed by atoms with Crippen LogP contribution in [0.5, 0.6) is 5.75 Å². The van der Waals surface area contributed by atoms with Gasteiger partial charge in [0, 0.05) is 60.4 Å². The standard InChI is InChI=1S/C31H26N8O/c1-37(28-12-14-34-27(15-32)35-28)24-18-38(19-24)17-21-7-9-22(10-8-21)29-30(23-5-3-2-4-6-23)39-20-40-26-11-13-33-16-25(26)31(39)36-29/h2-14,16,24H,17-20H2,1H3/i1D3. The minimum Gasteiger partial charge on any atom is -0.472 e. The van der Waals surface area contributed by atoms with Crippen molar-refractivity contribution in [3.63, 3.8) is 0 Å². The van der Waals surface area contributed by atoms with Crippen LogP contribution in [0.15, 0.2) is 85.3 Å². The van der Waals surface area contributed by atoms with E-state index in [2.05, 4.69) is 60.8 Å². The zero-order valence-corrected chi connectivity index (χ0v) is 21.5. The van der Waals surface area contributed by atoms with E-state index < -0.39 is 6.98 Å². The average molecular weight is 530 g/mol. The number of hydrogen-bond donors (Lipinski definition) is 0. The summed E-state index contributed by atoms with van der Waals surface area (Å²) in [5.41, 5.74) is 5.86. The fourth-order valence-electron chi connectivity index (χ4n) is 5.27. The summed E-state index contributed by atoms with van der Waals surface area (Å²) in [6.45, 7) is -0.229. The molecule has 0 unspecified atom stereocenters. The molecule has 1 saturated heterocycles. The number of nitriles is 1. The van der Waals surface area contributed by atoms with E-state index in [4.69, 9.17) is 19.1 Å². The number of hydrogen-bond acceptors (Lipinski definition) is 8. The molecule has 5 aromatic rings. The van der Waals surface area contributed by atoms with Crippen molar-refractivity contribution in [1.29, 1.82) is 5.26 Å². The maximum atomic E-state index is 9.15. The van der Waals surface area contributed by atoms with Crippen molar-refractivity contribution < 1.29 is 8.85 Å². The number of fused-ring (bicyclic) bond motifs is 3. The lowest BCUT2D eigenvalue weighted by atomic mass is 10.0. The summed E-state index contributed by atoms with van der Waals surface area (Å²) in [7, 11) is 0. The number of imidazole rings is 1. The summed E-state index contributed by atoms with van der Waals surface area (Å²) in [6, 6.07) is 23.5. The van der Waals surface area contributed by atoms with E-state index in [0.29, 0.717) is 26.4 Å². The second-order valence-electron chi connectivity index (χ2n) is 9.84. The maximum absolute atomic E-state index is 9.15. The number of likely N-dealkylation sites (N-methyl/N-ethyl adjacent to an activating group) is 1.